The second-order valence-electron chi connectivity index (χ2n) is 6.09. The lowest BCUT2D eigenvalue weighted by molar-refractivity contribution is 0.231. The van der Waals surface area contributed by atoms with Gasteiger partial charge < -0.3 is 15.7 Å². The lowest BCUT2D eigenvalue weighted by Gasteiger charge is -2.18. The van der Waals surface area contributed by atoms with Crippen LogP contribution in [-0.2, 0) is 0 Å². The Morgan fingerprint density at radius 2 is 1.58 bits per heavy atom. The molecule has 2 rings (SSSR count). The molecule has 4 heteroatoms. The number of carbonyl (C=O) groups is 1. The molecule has 0 heterocycles. The van der Waals surface area contributed by atoms with Crippen LogP contribution >= 0.6 is 0 Å². The molecule has 0 aliphatic rings. The third kappa shape index (κ3) is 5.39. The topological polar surface area (TPSA) is 61.4 Å². The van der Waals surface area contributed by atoms with Crippen LogP contribution < -0.4 is 10.6 Å². The Kier molecular flexibility index (Phi) is 6.82. The largest absolute Gasteiger partial charge is 0.396 e. The van der Waals surface area contributed by atoms with Crippen LogP contribution in [0.25, 0.3) is 11.1 Å². The molecule has 2 amide bonds. The number of aliphatic hydroxyl groups is 1. The van der Waals surface area contributed by atoms with Crippen molar-refractivity contribution in [3.05, 3.63) is 60.2 Å². The van der Waals surface area contributed by atoms with Gasteiger partial charge in [-0.05, 0) is 43.4 Å². The van der Waals surface area contributed by atoms with Gasteiger partial charge in [-0.25, -0.2) is 4.79 Å². The van der Waals surface area contributed by atoms with E-state index in [-0.39, 0.29) is 24.7 Å². The third-order valence-corrected chi connectivity index (χ3v) is 4.04. The number of rotatable bonds is 7. The first-order chi connectivity index (χ1) is 11.6. The summed E-state index contributed by atoms with van der Waals surface area (Å²) in [5, 5.41) is 14.7. The summed E-state index contributed by atoms with van der Waals surface area (Å²) < 4.78 is 0. The van der Waals surface area contributed by atoms with Gasteiger partial charge in [0.2, 0.25) is 0 Å². The maximum Gasteiger partial charge on any atom is 0.315 e. The van der Waals surface area contributed by atoms with Crippen molar-refractivity contribution < 1.29 is 9.90 Å². The van der Waals surface area contributed by atoms with E-state index < -0.39 is 0 Å². The maximum absolute atomic E-state index is 12.0. The first kappa shape index (κ1) is 18.0. The van der Waals surface area contributed by atoms with Crippen LogP contribution in [0.4, 0.5) is 4.79 Å². The molecule has 0 aliphatic heterocycles. The van der Waals surface area contributed by atoms with E-state index in [1.165, 1.54) is 5.56 Å². The summed E-state index contributed by atoms with van der Waals surface area (Å²) in [6.45, 7) is 4.06. The molecule has 0 fully saturated rings. The van der Waals surface area contributed by atoms with Gasteiger partial charge in [0.25, 0.3) is 0 Å². The van der Waals surface area contributed by atoms with Gasteiger partial charge in [0.15, 0.2) is 0 Å². The highest BCUT2D eigenvalue weighted by atomic mass is 16.3. The number of benzene rings is 2. The monoisotopic (exact) mass is 326 g/mol. The second kappa shape index (κ2) is 9.08. The van der Waals surface area contributed by atoms with E-state index in [1.54, 1.807) is 0 Å². The van der Waals surface area contributed by atoms with Crippen molar-refractivity contribution in [1.29, 1.82) is 0 Å². The molecule has 2 aromatic rings. The lowest BCUT2D eigenvalue weighted by atomic mass is 10.0. The van der Waals surface area contributed by atoms with E-state index in [0.717, 1.165) is 17.5 Å². The molecule has 128 valence electrons. The highest BCUT2D eigenvalue weighted by molar-refractivity contribution is 5.74. The Balaban J connectivity index is 1.90. The molecule has 0 bridgehead atoms. The first-order valence-electron chi connectivity index (χ1n) is 8.43. The Morgan fingerprint density at radius 1 is 0.958 bits per heavy atom. The zero-order valence-corrected chi connectivity index (χ0v) is 14.3. The zero-order valence-electron chi connectivity index (χ0n) is 14.3. The van der Waals surface area contributed by atoms with Gasteiger partial charge in [0.1, 0.15) is 0 Å². The Morgan fingerprint density at radius 3 is 2.21 bits per heavy atom. The number of urea groups is 1. The minimum Gasteiger partial charge on any atom is -0.396 e. The maximum atomic E-state index is 12.0. The molecule has 3 N–H and O–H groups in total. The first-order valence-corrected chi connectivity index (χ1v) is 8.43. The van der Waals surface area contributed by atoms with Gasteiger partial charge in [-0.2, -0.15) is 0 Å². The van der Waals surface area contributed by atoms with Gasteiger partial charge in [-0.15, -0.1) is 0 Å². The minimum atomic E-state index is -0.180. The van der Waals surface area contributed by atoms with Gasteiger partial charge in [0, 0.05) is 12.6 Å². The molecule has 4 nitrogen and oxygen atoms in total. The van der Waals surface area contributed by atoms with E-state index >= 15 is 0 Å². The predicted octanol–water partition coefficient (Wildman–Crippen LogP) is 3.87. The normalized spacial score (nSPS) is 13.1. The van der Waals surface area contributed by atoms with Crippen LogP contribution in [-0.4, -0.2) is 23.8 Å². The van der Waals surface area contributed by atoms with Crippen molar-refractivity contribution in [3.8, 4) is 11.1 Å². The predicted molar refractivity (Wildman–Crippen MR) is 97.7 cm³/mol. The number of nitrogens with one attached hydrogen (secondary N) is 2. The average molecular weight is 326 g/mol. The van der Waals surface area contributed by atoms with Crippen LogP contribution in [0.5, 0.6) is 0 Å². The molecule has 0 saturated heterocycles. The highest BCUT2D eigenvalue weighted by Gasteiger charge is 2.11. The van der Waals surface area contributed by atoms with Crippen molar-refractivity contribution in [1.82, 2.24) is 10.6 Å². The van der Waals surface area contributed by atoms with Gasteiger partial charge in [-0.3, -0.25) is 0 Å². The quantitative estimate of drug-likeness (QED) is 0.723. The van der Waals surface area contributed by atoms with Crippen molar-refractivity contribution in [2.75, 3.05) is 6.61 Å². The van der Waals surface area contributed by atoms with E-state index in [9.17, 15) is 4.79 Å². The molecule has 0 spiro atoms. The molecule has 0 aromatic heterocycles. The number of carbonyl (C=O) groups excluding carboxylic acids is 1. The fourth-order valence-electron chi connectivity index (χ4n) is 2.61. The van der Waals surface area contributed by atoms with Crippen molar-refractivity contribution in [3.63, 3.8) is 0 Å². The fourth-order valence-corrected chi connectivity index (χ4v) is 2.61. The van der Waals surface area contributed by atoms with Crippen molar-refractivity contribution >= 4 is 6.03 Å². The second-order valence-corrected chi connectivity index (χ2v) is 6.09. The summed E-state index contributed by atoms with van der Waals surface area (Å²) >= 11 is 0. The van der Waals surface area contributed by atoms with Crippen LogP contribution in [0.2, 0.25) is 0 Å². The summed E-state index contributed by atoms with van der Waals surface area (Å²) in [6.07, 6.45) is 1.46. The minimum absolute atomic E-state index is 0.0461. The van der Waals surface area contributed by atoms with Crippen molar-refractivity contribution in [2.45, 2.75) is 38.8 Å². The standard InChI is InChI=1S/C20H26N2O2/c1-15(7-6-14-23)21-20(24)22-16(2)17-10-12-19(13-11-17)18-8-4-3-5-9-18/h3-5,8-13,15-16,23H,6-7,14H2,1-2H3,(H2,21,22,24). The molecule has 2 atom stereocenters. The highest BCUT2D eigenvalue weighted by Crippen LogP contribution is 2.21. The summed E-state index contributed by atoms with van der Waals surface area (Å²) in [4.78, 5) is 12.0. The summed E-state index contributed by atoms with van der Waals surface area (Å²) in [7, 11) is 0. The smallest absolute Gasteiger partial charge is 0.315 e. The SMILES string of the molecule is CC(CCCO)NC(=O)NC(C)c1ccc(-c2ccccc2)cc1. The average Bonchev–Trinajstić information content (AvgIpc) is 2.60. The Hall–Kier alpha value is -2.33. The Bertz CT molecular complexity index is 626. The molecular weight excluding hydrogens is 300 g/mol. The number of hydrogen-bond acceptors (Lipinski definition) is 2. The molecular formula is C20H26N2O2. The van der Waals surface area contributed by atoms with Gasteiger partial charge in [-0.1, -0.05) is 54.6 Å². The summed E-state index contributed by atoms with van der Waals surface area (Å²) in [5.74, 6) is 0. The van der Waals surface area contributed by atoms with E-state index in [0.29, 0.717) is 6.42 Å². The lowest BCUT2D eigenvalue weighted by Crippen LogP contribution is -2.41. The van der Waals surface area contributed by atoms with Gasteiger partial charge in [0.05, 0.1) is 6.04 Å². The number of hydrogen-bond donors (Lipinski definition) is 3. The number of amides is 2. The molecule has 2 aromatic carbocycles. The number of aliphatic hydroxyl groups excluding tert-OH is 1. The third-order valence-electron chi connectivity index (χ3n) is 4.04. The van der Waals surface area contributed by atoms with E-state index in [2.05, 4.69) is 34.9 Å². The van der Waals surface area contributed by atoms with Gasteiger partial charge >= 0.3 is 6.03 Å². The van der Waals surface area contributed by atoms with Crippen LogP contribution in [0, 0.1) is 0 Å². The molecule has 2 unspecified atom stereocenters. The summed E-state index contributed by atoms with van der Waals surface area (Å²) in [6, 6.07) is 18.2. The van der Waals surface area contributed by atoms with Crippen LogP contribution in [0.1, 0.15) is 38.3 Å². The zero-order chi connectivity index (χ0) is 17.4. The summed E-state index contributed by atoms with van der Waals surface area (Å²) in [5.41, 5.74) is 3.40. The van der Waals surface area contributed by atoms with Crippen LogP contribution in [0.15, 0.2) is 54.6 Å². The van der Waals surface area contributed by atoms with Crippen molar-refractivity contribution in [2.24, 2.45) is 0 Å². The molecule has 0 saturated carbocycles. The fraction of sp³-hybridized carbons (Fsp3) is 0.350. The molecule has 0 radical (unpaired) electrons. The van der Waals surface area contributed by atoms with E-state index in [1.807, 2.05) is 44.2 Å². The molecule has 0 aliphatic carbocycles. The molecule has 24 heavy (non-hydrogen) atoms. The van der Waals surface area contributed by atoms with E-state index in [4.69, 9.17) is 5.11 Å². The Labute approximate surface area is 143 Å². The van der Waals surface area contributed by atoms with Crippen LogP contribution in [0.3, 0.4) is 0 Å².